The Labute approximate surface area is 120 Å². The lowest BCUT2D eigenvalue weighted by Crippen LogP contribution is -2.17. The van der Waals surface area contributed by atoms with Crippen LogP contribution >= 0.6 is 11.8 Å². The Morgan fingerprint density at radius 2 is 2.05 bits per heavy atom. The van der Waals surface area contributed by atoms with Crippen molar-refractivity contribution in [3.05, 3.63) is 54.1 Å². The van der Waals surface area contributed by atoms with E-state index in [1.165, 1.54) is 10.5 Å². The zero-order chi connectivity index (χ0) is 13.7. The van der Waals surface area contributed by atoms with E-state index in [2.05, 4.69) is 55.5 Å². The fourth-order valence-electron chi connectivity index (χ4n) is 2.24. The predicted molar refractivity (Wildman–Crippen MR) is 81.9 cm³/mol. The summed E-state index contributed by atoms with van der Waals surface area (Å²) in [6, 6.07) is 12.8. The van der Waals surface area contributed by atoms with E-state index in [-0.39, 0.29) is 5.92 Å². The summed E-state index contributed by atoms with van der Waals surface area (Å²) >= 11 is 1.90. The van der Waals surface area contributed by atoms with Gasteiger partial charge in [-0.2, -0.15) is 5.26 Å². The third kappa shape index (κ3) is 3.52. The van der Waals surface area contributed by atoms with Crippen LogP contribution in [0, 0.1) is 23.2 Å². The fourth-order valence-corrected chi connectivity index (χ4v) is 3.47. The quantitative estimate of drug-likeness (QED) is 0.781. The first-order valence-corrected chi connectivity index (χ1v) is 7.63. The molecule has 0 fully saturated rings. The van der Waals surface area contributed by atoms with Gasteiger partial charge in [0.2, 0.25) is 0 Å². The molecule has 1 aromatic rings. The molecule has 3 atom stereocenters. The van der Waals surface area contributed by atoms with Crippen molar-refractivity contribution in [3.8, 4) is 6.07 Å². The second kappa shape index (κ2) is 6.63. The molecular weight excluding hydrogens is 250 g/mol. The molecule has 19 heavy (non-hydrogen) atoms. The molecule has 2 heteroatoms. The average molecular weight is 269 g/mol. The minimum absolute atomic E-state index is 0.00650. The number of thioether (sulfide) groups is 1. The monoisotopic (exact) mass is 269 g/mol. The van der Waals surface area contributed by atoms with E-state index in [1.54, 1.807) is 0 Å². The van der Waals surface area contributed by atoms with Crippen LogP contribution in [0.5, 0.6) is 0 Å². The van der Waals surface area contributed by atoms with Gasteiger partial charge in [-0.05, 0) is 37.0 Å². The van der Waals surface area contributed by atoms with Crippen molar-refractivity contribution in [1.29, 1.82) is 5.26 Å². The van der Waals surface area contributed by atoms with E-state index < -0.39 is 0 Å². The van der Waals surface area contributed by atoms with Crippen LogP contribution in [0.3, 0.4) is 0 Å². The lowest BCUT2D eigenvalue weighted by molar-refractivity contribution is 0.631. The van der Waals surface area contributed by atoms with E-state index >= 15 is 0 Å². The minimum atomic E-state index is -0.00650. The van der Waals surface area contributed by atoms with E-state index in [1.807, 2.05) is 24.8 Å². The lowest BCUT2D eigenvalue weighted by Gasteiger charge is -2.25. The highest BCUT2D eigenvalue weighted by atomic mass is 32.2. The number of hydrogen-bond acceptors (Lipinski definition) is 2. The number of benzene rings is 1. The van der Waals surface area contributed by atoms with Crippen LogP contribution in [0.4, 0.5) is 0 Å². The molecule has 1 aromatic carbocycles. The zero-order valence-electron chi connectivity index (χ0n) is 11.4. The molecule has 0 saturated carbocycles. The first kappa shape index (κ1) is 14.0. The molecule has 3 unspecified atom stereocenters. The van der Waals surface area contributed by atoms with Crippen molar-refractivity contribution in [2.45, 2.75) is 30.4 Å². The summed E-state index contributed by atoms with van der Waals surface area (Å²) in [5.41, 5.74) is 1.17. The normalized spacial score (nSPS) is 23.5. The topological polar surface area (TPSA) is 23.8 Å². The summed E-state index contributed by atoms with van der Waals surface area (Å²) in [6.45, 7) is 4.18. The molecule has 0 aliphatic heterocycles. The Kier molecular flexibility index (Phi) is 4.87. The summed E-state index contributed by atoms with van der Waals surface area (Å²) < 4.78 is 0. The highest BCUT2D eigenvalue weighted by Crippen LogP contribution is 2.35. The van der Waals surface area contributed by atoms with Gasteiger partial charge in [0.15, 0.2) is 0 Å². The van der Waals surface area contributed by atoms with Gasteiger partial charge in [-0.1, -0.05) is 43.4 Å². The largest absolute Gasteiger partial charge is 0.198 e. The van der Waals surface area contributed by atoms with Gasteiger partial charge in [-0.25, -0.2) is 0 Å². The summed E-state index contributed by atoms with van der Waals surface area (Å²) in [7, 11) is 0. The molecule has 2 rings (SSSR count). The number of hydrogen-bond donors (Lipinski definition) is 0. The second-order valence-electron chi connectivity index (χ2n) is 4.84. The fraction of sp³-hybridized carbons (Fsp3) is 0.353. The van der Waals surface area contributed by atoms with Gasteiger partial charge in [-0.15, -0.1) is 11.8 Å². The van der Waals surface area contributed by atoms with Crippen molar-refractivity contribution in [2.75, 3.05) is 0 Å². The minimum Gasteiger partial charge on any atom is -0.198 e. The summed E-state index contributed by atoms with van der Waals surface area (Å²) in [5, 5.41) is 9.49. The van der Waals surface area contributed by atoms with Crippen LogP contribution in [0.1, 0.15) is 20.3 Å². The third-order valence-electron chi connectivity index (χ3n) is 3.49. The SMILES string of the molecule is CCC1C=C(C(C)C#N)C=CC1Sc1ccccc1. The highest BCUT2D eigenvalue weighted by molar-refractivity contribution is 8.00. The number of nitrogens with zero attached hydrogens (tertiary/aromatic N) is 1. The molecular formula is C17H19NS. The van der Waals surface area contributed by atoms with E-state index in [9.17, 15) is 0 Å². The smallest absolute Gasteiger partial charge is 0.0700 e. The number of allylic oxidation sites excluding steroid dienone is 3. The van der Waals surface area contributed by atoms with Crippen LogP contribution in [0.2, 0.25) is 0 Å². The molecule has 0 spiro atoms. The molecule has 0 radical (unpaired) electrons. The Hall–Kier alpha value is -1.46. The Balaban J connectivity index is 2.11. The highest BCUT2D eigenvalue weighted by Gasteiger charge is 2.22. The maximum absolute atomic E-state index is 9.02. The van der Waals surface area contributed by atoms with Crippen molar-refractivity contribution in [1.82, 2.24) is 0 Å². The molecule has 0 heterocycles. The van der Waals surface area contributed by atoms with E-state index in [0.29, 0.717) is 11.2 Å². The standard InChI is InChI=1S/C17H19NS/c1-3-14-11-15(13(2)12-18)9-10-17(14)19-16-7-5-4-6-8-16/h4-11,13-14,17H,3H2,1-2H3. The maximum atomic E-state index is 9.02. The van der Waals surface area contributed by atoms with Crippen molar-refractivity contribution < 1.29 is 0 Å². The second-order valence-corrected chi connectivity index (χ2v) is 6.10. The zero-order valence-corrected chi connectivity index (χ0v) is 12.2. The lowest BCUT2D eigenvalue weighted by atomic mass is 9.89. The molecule has 0 amide bonds. The number of rotatable bonds is 4. The molecule has 0 N–H and O–H groups in total. The molecule has 0 bridgehead atoms. The summed E-state index contributed by atoms with van der Waals surface area (Å²) in [6.07, 6.45) is 7.78. The molecule has 1 nitrogen and oxygen atoms in total. The summed E-state index contributed by atoms with van der Waals surface area (Å²) in [5.74, 6) is 0.508. The van der Waals surface area contributed by atoms with Gasteiger partial charge in [-0.3, -0.25) is 0 Å². The van der Waals surface area contributed by atoms with Crippen molar-refractivity contribution in [2.24, 2.45) is 11.8 Å². The Morgan fingerprint density at radius 3 is 2.68 bits per heavy atom. The van der Waals surface area contributed by atoms with Gasteiger partial charge in [0, 0.05) is 10.1 Å². The van der Waals surface area contributed by atoms with Gasteiger partial charge in [0.1, 0.15) is 0 Å². The number of nitriles is 1. The van der Waals surface area contributed by atoms with Crippen molar-refractivity contribution in [3.63, 3.8) is 0 Å². The van der Waals surface area contributed by atoms with Gasteiger partial charge < -0.3 is 0 Å². The third-order valence-corrected chi connectivity index (χ3v) is 4.81. The molecule has 98 valence electrons. The van der Waals surface area contributed by atoms with Gasteiger partial charge >= 0.3 is 0 Å². The Bertz CT molecular complexity index is 510. The van der Waals surface area contributed by atoms with Crippen molar-refractivity contribution >= 4 is 11.8 Å². The molecule has 0 saturated heterocycles. The van der Waals surface area contributed by atoms with Gasteiger partial charge in [0.05, 0.1) is 12.0 Å². The summed E-state index contributed by atoms with van der Waals surface area (Å²) in [4.78, 5) is 1.31. The average Bonchev–Trinajstić information content (AvgIpc) is 2.48. The first-order valence-electron chi connectivity index (χ1n) is 6.75. The van der Waals surface area contributed by atoms with Crippen LogP contribution in [-0.4, -0.2) is 5.25 Å². The maximum Gasteiger partial charge on any atom is 0.0700 e. The predicted octanol–water partition coefficient (Wildman–Crippen LogP) is 4.83. The molecule has 1 aliphatic carbocycles. The van der Waals surface area contributed by atoms with Crippen LogP contribution in [-0.2, 0) is 0 Å². The van der Waals surface area contributed by atoms with Crippen LogP contribution < -0.4 is 0 Å². The Morgan fingerprint density at radius 1 is 1.32 bits per heavy atom. The van der Waals surface area contributed by atoms with Gasteiger partial charge in [0.25, 0.3) is 0 Å². The first-order chi connectivity index (χ1) is 9.24. The van der Waals surface area contributed by atoms with E-state index in [4.69, 9.17) is 5.26 Å². The van der Waals surface area contributed by atoms with E-state index in [0.717, 1.165) is 6.42 Å². The van der Waals surface area contributed by atoms with Crippen LogP contribution in [0.15, 0.2) is 59.0 Å². The van der Waals surface area contributed by atoms with Crippen LogP contribution in [0.25, 0.3) is 0 Å². The molecule has 0 aromatic heterocycles. The molecule has 1 aliphatic rings.